The molecule has 19 N–H and O–H groups in total. The Morgan fingerprint density at radius 3 is 2.23 bits per heavy atom. The number of carbonyl (C=O) groups excluding carboxylic acids is 7. The minimum atomic E-state index is -1.78. The zero-order chi connectivity index (χ0) is 36.0. The molecule has 8 amide bonds. The van der Waals surface area contributed by atoms with Crippen molar-refractivity contribution in [2.75, 3.05) is 26.3 Å². The monoisotopic (exact) mass is 685 g/mol. The topological polar surface area (TPSA) is 393 Å². The van der Waals surface area contributed by atoms with E-state index in [-0.39, 0.29) is 18.8 Å². The number of aliphatic hydroxyl groups is 3. The summed E-state index contributed by atoms with van der Waals surface area (Å²) in [6.45, 7) is -2.36. The van der Waals surface area contributed by atoms with Gasteiger partial charge in [0.15, 0.2) is 12.2 Å². The number of nitrogens with one attached hydrogen (secondary N) is 8. The molecule has 0 spiro atoms. The number of hydrogen-bond acceptors (Lipinski definition) is 15. The standard InChI is InChI=1S/C25H43N13O10/c26-3-1-2-10(27)4-16(41)32-12-6-30-23(47)18(11-5-17(42)37-24(28)36-11)38-20(44)13(7-31-25(29)48)33-21(45)14(8-39)35-22(46)15(9-40)34-19(12)43/h7,10-12,14-15,17-18,39-40,42H,1-6,8-9,26-27H2,(H,30,47)(H,32,41)(H,33,45)(H,34,43)(H,35,46)(H,38,44)(H3,28,36,37)(H3,29,31,48)/b13-7+/t10-,11+,12+,14+,15+,17+,18+/m1/s1. The molecule has 0 saturated carbocycles. The van der Waals surface area contributed by atoms with Crippen LogP contribution in [0, 0.1) is 0 Å². The average molecular weight is 686 g/mol. The number of rotatable bonds is 10. The molecule has 1 fully saturated rings. The van der Waals surface area contributed by atoms with Crippen LogP contribution in [0.1, 0.15) is 25.7 Å². The van der Waals surface area contributed by atoms with Gasteiger partial charge in [-0.05, 0) is 19.4 Å². The van der Waals surface area contributed by atoms with E-state index in [2.05, 4.69) is 42.2 Å². The molecule has 23 nitrogen and oxygen atoms in total. The smallest absolute Gasteiger partial charge is 0.316 e. The molecule has 2 heterocycles. The molecule has 7 atom stereocenters. The zero-order valence-corrected chi connectivity index (χ0v) is 25.7. The third-order valence-electron chi connectivity index (χ3n) is 6.91. The highest BCUT2D eigenvalue weighted by Gasteiger charge is 2.37. The number of primary amides is 1. The van der Waals surface area contributed by atoms with E-state index in [0.717, 1.165) is 0 Å². The van der Waals surface area contributed by atoms with E-state index < -0.39 is 109 Å². The van der Waals surface area contributed by atoms with Gasteiger partial charge in [0, 0.05) is 31.6 Å². The van der Waals surface area contributed by atoms with Gasteiger partial charge in [-0.25, -0.2) is 9.79 Å². The lowest BCUT2D eigenvalue weighted by molar-refractivity contribution is -0.135. The molecule has 0 aromatic heterocycles. The van der Waals surface area contributed by atoms with Crippen molar-refractivity contribution in [3.63, 3.8) is 0 Å². The lowest BCUT2D eigenvalue weighted by Crippen LogP contribution is -2.64. The lowest BCUT2D eigenvalue weighted by Gasteiger charge is -2.33. The summed E-state index contributed by atoms with van der Waals surface area (Å²) in [4.78, 5) is 94.0. The van der Waals surface area contributed by atoms with E-state index in [1.54, 1.807) is 0 Å². The summed E-state index contributed by atoms with van der Waals surface area (Å²) in [5.74, 6) is -6.65. The van der Waals surface area contributed by atoms with Crippen molar-refractivity contribution in [1.29, 1.82) is 0 Å². The van der Waals surface area contributed by atoms with Gasteiger partial charge < -0.3 is 80.8 Å². The second kappa shape index (κ2) is 18.9. The Kier molecular flexibility index (Phi) is 15.4. The van der Waals surface area contributed by atoms with Crippen LogP contribution in [0.15, 0.2) is 16.9 Å². The number of nitrogens with two attached hydrogens (primary N) is 4. The number of amides is 8. The van der Waals surface area contributed by atoms with Gasteiger partial charge in [-0.3, -0.25) is 28.8 Å². The Bertz CT molecular complexity index is 1280. The molecule has 23 heteroatoms. The summed E-state index contributed by atoms with van der Waals surface area (Å²) in [6.07, 6.45) is -0.339. The number of carbonyl (C=O) groups is 7. The Hall–Kier alpha value is -5.10. The van der Waals surface area contributed by atoms with E-state index in [9.17, 15) is 48.9 Å². The molecular formula is C25H43N13O10. The Labute approximate surface area is 273 Å². The largest absolute Gasteiger partial charge is 0.394 e. The van der Waals surface area contributed by atoms with Gasteiger partial charge in [0.05, 0.1) is 19.3 Å². The van der Waals surface area contributed by atoms with Crippen molar-refractivity contribution in [1.82, 2.24) is 42.5 Å². The maximum atomic E-state index is 13.6. The first-order valence-electron chi connectivity index (χ1n) is 14.7. The van der Waals surface area contributed by atoms with Crippen LogP contribution in [0.5, 0.6) is 0 Å². The van der Waals surface area contributed by atoms with Gasteiger partial charge in [0.25, 0.3) is 5.91 Å². The van der Waals surface area contributed by atoms with E-state index in [4.69, 9.17) is 22.9 Å². The molecule has 0 aromatic rings. The molecule has 2 aliphatic rings. The highest BCUT2D eigenvalue weighted by molar-refractivity contribution is 6.02. The first-order valence-corrected chi connectivity index (χ1v) is 14.7. The van der Waals surface area contributed by atoms with Gasteiger partial charge >= 0.3 is 6.03 Å². The summed E-state index contributed by atoms with van der Waals surface area (Å²) in [7, 11) is 0. The van der Waals surface area contributed by atoms with Crippen LogP contribution in [0.2, 0.25) is 0 Å². The second-order valence-electron chi connectivity index (χ2n) is 10.7. The normalized spacial score (nSPS) is 27.6. The lowest BCUT2D eigenvalue weighted by atomic mass is 10.0. The van der Waals surface area contributed by atoms with Crippen molar-refractivity contribution < 1.29 is 48.9 Å². The van der Waals surface area contributed by atoms with Crippen molar-refractivity contribution >= 4 is 47.4 Å². The van der Waals surface area contributed by atoms with Crippen molar-refractivity contribution in [3.05, 3.63) is 11.9 Å². The third kappa shape index (κ3) is 12.3. The maximum absolute atomic E-state index is 13.6. The van der Waals surface area contributed by atoms with Crippen LogP contribution in [0.4, 0.5) is 4.79 Å². The third-order valence-corrected chi connectivity index (χ3v) is 6.91. The second-order valence-corrected chi connectivity index (χ2v) is 10.7. The first kappa shape index (κ1) is 39.1. The summed E-state index contributed by atoms with van der Waals surface area (Å²) in [5.41, 5.74) is 21.5. The Morgan fingerprint density at radius 1 is 0.979 bits per heavy atom. The number of nitrogens with zero attached hydrogens (tertiary/aromatic N) is 1. The van der Waals surface area contributed by atoms with Crippen LogP contribution in [-0.4, -0.2) is 132 Å². The van der Waals surface area contributed by atoms with Crippen molar-refractivity contribution in [2.24, 2.45) is 27.9 Å². The molecule has 1 saturated heterocycles. The van der Waals surface area contributed by atoms with E-state index in [1.165, 1.54) is 0 Å². The number of guanidine groups is 1. The number of aliphatic imine (C=N–C) groups is 1. The van der Waals surface area contributed by atoms with Crippen molar-refractivity contribution in [3.8, 4) is 0 Å². The molecule has 0 bridgehead atoms. The minimum Gasteiger partial charge on any atom is -0.394 e. The fraction of sp³-hybridized carbons (Fsp3) is 0.600. The minimum absolute atomic E-state index is 0.245. The Morgan fingerprint density at radius 2 is 1.62 bits per heavy atom. The molecule has 2 rings (SSSR count). The molecule has 2 aliphatic heterocycles. The Balaban J connectivity index is 2.54. The number of aliphatic hydroxyl groups excluding tert-OH is 3. The average Bonchev–Trinajstić information content (AvgIpc) is 3.02. The van der Waals surface area contributed by atoms with Gasteiger partial charge in [-0.1, -0.05) is 0 Å². The molecule has 0 radical (unpaired) electrons. The highest BCUT2D eigenvalue weighted by atomic mass is 16.3. The van der Waals surface area contributed by atoms with Crippen LogP contribution in [-0.2, 0) is 28.8 Å². The van der Waals surface area contributed by atoms with Gasteiger partial charge in [0.2, 0.25) is 29.5 Å². The van der Waals surface area contributed by atoms with Crippen molar-refractivity contribution in [2.45, 2.75) is 68.2 Å². The van der Waals surface area contributed by atoms with Crippen LogP contribution in [0.3, 0.4) is 0 Å². The molecule has 48 heavy (non-hydrogen) atoms. The predicted molar refractivity (Wildman–Crippen MR) is 164 cm³/mol. The maximum Gasteiger partial charge on any atom is 0.316 e. The quantitative estimate of drug-likeness (QED) is 0.0950. The summed E-state index contributed by atoms with van der Waals surface area (Å²) >= 11 is 0. The summed E-state index contributed by atoms with van der Waals surface area (Å²) in [5, 5.41) is 47.9. The zero-order valence-electron chi connectivity index (χ0n) is 25.7. The molecule has 0 aliphatic carbocycles. The van der Waals surface area contributed by atoms with Gasteiger partial charge in [-0.2, -0.15) is 0 Å². The van der Waals surface area contributed by atoms with Crippen LogP contribution < -0.4 is 65.5 Å². The number of urea groups is 1. The SMILES string of the molecule is NCCC[C@@H](N)CC(=O)N[C@H]1CNC(=O)[C@H]([C@@H]2C[C@H](O)N=C(N)N2)NC(=O)/C(=C\NC(N)=O)NC(=O)[C@H](CO)NC(=O)[C@H](CO)NC1=O. The van der Waals surface area contributed by atoms with Crippen LogP contribution >= 0.6 is 0 Å². The highest BCUT2D eigenvalue weighted by Crippen LogP contribution is 2.11. The molecular weight excluding hydrogens is 642 g/mol. The number of hydrogen-bond donors (Lipinski definition) is 15. The molecule has 0 aromatic carbocycles. The summed E-state index contributed by atoms with van der Waals surface area (Å²) in [6, 6.07) is -9.66. The predicted octanol–water partition coefficient (Wildman–Crippen LogP) is -8.88. The van der Waals surface area contributed by atoms with Gasteiger partial charge in [-0.15, -0.1) is 0 Å². The summed E-state index contributed by atoms with van der Waals surface area (Å²) < 4.78 is 0. The fourth-order valence-corrected chi connectivity index (χ4v) is 4.46. The fourth-order valence-electron chi connectivity index (χ4n) is 4.46. The van der Waals surface area contributed by atoms with Crippen LogP contribution in [0.25, 0.3) is 0 Å². The van der Waals surface area contributed by atoms with E-state index >= 15 is 0 Å². The molecule has 268 valence electrons. The van der Waals surface area contributed by atoms with E-state index in [0.29, 0.717) is 25.6 Å². The molecule has 0 unspecified atom stereocenters. The van der Waals surface area contributed by atoms with E-state index in [1.807, 2.05) is 5.32 Å². The first-order chi connectivity index (χ1) is 22.7. The van der Waals surface area contributed by atoms with Gasteiger partial charge in [0.1, 0.15) is 29.9 Å².